The maximum absolute atomic E-state index is 13.0. The Morgan fingerprint density at radius 1 is 1.07 bits per heavy atom. The first-order valence-electron chi connectivity index (χ1n) is 10.0. The van der Waals surface area contributed by atoms with Crippen molar-refractivity contribution < 1.29 is 14.7 Å². The fraction of sp³-hybridized carbons (Fsp3) is 0.391. The first kappa shape index (κ1) is 22.6. The molecule has 3 rings (SSSR count). The third-order valence-electron chi connectivity index (χ3n) is 5.87. The van der Waals surface area contributed by atoms with Gasteiger partial charge in [0.25, 0.3) is 5.91 Å². The summed E-state index contributed by atoms with van der Waals surface area (Å²) < 4.78 is 0. The summed E-state index contributed by atoms with van der Waals surface area (Å²) in [4.78, 5) is 27.1. The maximum atomic E-state index is 13.0. The molecule has 1 heterocycles. The number of amides is 2. The monoisotopic (exact) mass is 448 g/mol. The number of piperidine rings is 1. The zero-order valence-electron chi connectivity index (χ0n) is 17.1. The Hall–Kier alpha value is -2.08. The number of nitrogens with zero attached hydrogens (tertiary/aromatic N) is 1. The zero-order chi connectivity index (χ0) is 21.9. The molecule has 1 aliphatic rings. The Morgan fingerprint density at radius 2 is 1.70 bits per heavy atom. The zero-order valence-corrected chi connectivity index (χ0v) is 18.6. The Labute approximate surface area is 187 Å². The molecule has 1 saturated heterocycles. The van der Waals surface area contributed by atoms with Crippen molar-refractivity contribution in [3.05, 3.63) is 69.7 Å². The number of hydrogen-bond acceptors (Lipinski definition) is 3. The van der Waals surface area contributed by atoms with Gasteiger partial charge >= 0.3 is 0 Å². The van der Waals surface area contributed by atoms with E-state index in [2.05, 4.69) is 5.32 Å². The predicted molar refractivity (Wildman–Crippen MR) is 119 cm³/mol. The Kier molecular flexibility index (Phi) is 7.06. The van der Waals surface area contributed by atoms with Crippen LogP contribution in [0.4, 0.5) is 0 Å². The molecule has 0 radical (unpaired) electrons. The molecule has 2 amide bonds. The van der Waals surface area contributed by atoms with Crippen molar-refractivity contribution in [3.8, 4) is 0 Å². The van der Waals surface area contributed by atoms with Crippen LogP contribution in [0.5, 0.6) is 0 Å². The lowest BCUT2D eigenvalue weighted by molar-refractivity contribution is -0.140. The van der Waals surface area contributed by atoms with E-state index in [1.165, 1.54) is 0 Å². The van der Waals surface area contributed by atoms with Crippen molar-refractivity contribution in [2.24, 2.45) is 5.92 Å². The molecular weight excluding hydrogens is 423 g/mol. The fourth-order valence-corrected chi connectivity index (χ4v) is 4.32. The Balaban J connectivity index is 1.59. The molecular formula is C23H26Cl2N2O3. The molecule has 2 atom stereocenters. The summed E-state index contributed by atoms with van der Waals surface area (Å²) in [5.41, 5.74) is 0.110. The van der Waals surface area contributed by atoms with Crippen LogP contribution in [-0.4, -0.2) is 41.0 Å². The number of hydrogen-bond donors (Lipinski definition) is 2. The molecule has 0 bridgehead atoms. The second-order valence-electron chi connectivity index (χ2n) is 7.90. The molecule has 160 valence electrons. The summed E-state index contributed by atoms with van der Waals surface area (Å²) in [7, 11) is 0. The van der Waals surface area contributed by atoms with Gasteiger partial charge in [-0.15, -0.1) is 0 Å². The van der Waals surface area contributed by atoms with Crippen molar-refractivity contribution in [1.29, 1.82) is 0 Å². The highest BCUT2D eigenvalue weighted by atomic mass is 35.5. The number of nitrogens with one attached hydrogen (secondary N) is 1. The molecule has 1 fully saturated rings. The van der Waals surface area contributed by atoms with Crippen LogP contribution in [0, 0.1) is 5.92 Å². The molecule has 2 aromatic carbocycles. The normalized spacial score (nSPS) is 17.8. The maximum Gasteiger partial charge on any atom is 0.251 e. The summed E-state index contributed by atoms with van der Waals surface area (Å²) >= 11 is 12.2. The van der Waals surface area contributed by atoms with E-state index in [1.807, 2.05) is 19.9 Å². The molecule has 0 aromatic heterocycles. The summed E-state index contributed by atoms with van der Waals surface area (Å²) in [6.07, 6.45) is 0.773. The molecule has 30 heavy (non-hydrogen) atoms. The van der Waals surface area contributed by atoms with Crippen molar-refractivity contribution in [3.63, 3.8) is 0 Å². The van der Waals surface area contributed by atoms with Gasteiger partial charge < -0.3 is 15.3 Å². The van der Waals surface area contributed by atoms with Gasteiger partial charge in [0.05, 0.1) is 11.5 Å². The number of benzene rings is 2. The first-order chi connectivity index (χ1) is 14.2. The molecule has 7 heteroatoms. The molecule has 1 aliphatic heterocycles. The molecule has 0 saturated carbocycles. The summed E-state index contributed by atoms with van der Waals surface area (Å²) in [5, 5.41) is 14.9. The van der Waals surface area contributed by atoms with E-state index < -0.39 is 5.60 Å². The summed E-state index contributed by atoms with van der Waals surface area (Å²) in [6, 6.07) is 13.7. The minimum atomic E-state index is -1.09. The van der Waals surface area contributed by atoms with E-state index in [0.717, 1.165) is 0 Å². The number of rotatable bonds is 5. The standard InChI is InChI=1S/C23H26Cl2N2O3/c1-15(16(2)26-21(28)17-6-4-3-5-7-17)22(29)27-12-10-23(30,11-13-27)19-9-8-18(24)14-20(19)25/h3-9,14-16,30H,10-13H2,1-2H3,(H,26,28). The minimum absolute atomic E-state index is 0.0416. The van der Waals surface area contributed by atoms with Gasteiger partial charge in [-0.3, -0.25) is 9.59 Å². The SMILES string of the molecule is CC(NC(=O)c1ccccc1)C(C)C(=O)N1CCC(O)(c2ccc(Cl)cc2Cl)CC1. The third-order valence-corrected chi connectivity index (χ3v) is 6.42. The number of likely N-dealkylation sites (tertiary alicyclic amines) is 1. The van der Waals surface area contributed by atoms with Crippen molar-refractivity contribution in [1.82, 2.24) is 10.2 Å². The molecule has 0 aliphatic carbocycles. The van der Waals surface area contributed by atoms with Gasteiger partial charge in [0.15, 0.2) is 0 Å². The largest absolute Gasteiger partial charge is 0.385 e. The lowest BCUT2D eigenvalue weighted by Gasteiger charge is -2.40. The van der Waals surface area contributed by atoms with Crippen LogP contribution < -0.4 is 5.32 Å². The molecule has 5 nitrogen and oxygen atoms in total. The number of carbonyl (C=O) groups is 2. The second-order valence-corrected chi connectivity index (χ2v) is 8.74. The average Bonchev–Trinajstić information content (AvgIpc) is 2.73. The van der Waals surface area contributed by atoms with Crippen molar-refractivity contribution in [2.45, 2.75) is 38.3 Å². The smallest absolute Gasteiger partial charge is 0.251 e. The highest BCUT2D eigenvalue weighted by Crippen LogP contribution is 2.38. The highest BCUT2D eigenvalue weighted by molar-refractivity contribution is 6.35. The van der Waals surface area contributed by atoms with Crippen LogP contribution in [0.1, 0.15) is 42.6 Å². The number of carbonyl (C=O) groups excluding carboxylic acids is 2. The van der Waals surface area contributed by atoms with Gasteiger partial charge in [0, 0.05) is 40.3 Å². The van der Waals surface area contributed by atoms with Crippen LogP contribution in [0.25, 0.3) is 0 Å². The van der Waals surface area contributed by atoms with Crippen molar-refractivity contribution in [2.75, 3.05) is 13.1 Å². The van der Waals surface area contributed by atoms with Crippen molar-refractivity contribution >= 4 is 35.0 Å². The predicted octanol–water partition coefficient (Wildman–Crippen LogP) is 4.26. The summed E-state index contributed by atoms with van der Waals surface area (Å²) in [5.74, 6) is -0.628. The van der Waals surface area contributed by atoms with Gasteiger partial charge in [-0.1, -0.05) is 54.4 Å². The topological polar surface area (TPSA) is 69.6 Å². The second kappa shape index (κ2) is 9.38. The fourth-order valence-electron chi connectivity index (χ4n) is 3.74. The van der Waals surface area contributed by atoms with E-state index in [0.29, 0.717) is 47.1 Å². The van der Waals surface area contributed by atoms with Crippen LogP contribution >= 0.6 is 23.2 Å². The highest BCUT2D eigenvalue weighted by Gasteiger charge is 2.38. The van der Waals surface area contributed by atoms with Crippen LogP contribution in [0.3, 0.4) is 0 Å². The number of aliphatic hydroxyl groups is 1. The minimum Gasteiger partial charge on any atom is -0.385 e. The average molecular weight is 449 g/mol. The van der Waals surface area contributed by atoms with Crippen LogP contribution in [0.15, 0.2) is 48.5 Å². The lowest BCUT2D eigenvalue weighted by Crippen LogP contribution is -2.50. The molecule has 2 unspecified atom stereocenters. The van der Waals surface area contributed by atoms with Crippen LogP contribution in [0.2, 0.25) is 10.0 Å². The quantitative estimate of drug-likeness (QED) is 0.717. The van der Waals surface area contributed by atoms with Gasteiger partial charge in [0.1, 0.15) is 0 Å². The van der Waals surface area contributed by atoms with E-state index in [9.17, 15) is 14.7 Å². The number of halogens is 2. The van der Waals surface area contributed by atoms with E-state index in [1.54, 1.807) is 47.4 Å². The molecule has 2 aromatic rings. The Bertz CT molecular complexity index is 912. The molecule has 2 N–H and O–H groups in total. The van der Waals surface area contributed by atoms with Gasteiger partial charge in [-0.2, -0.15) is 0 Å². The van der Waals surface area contributed by atoms with E-state index in [4.69, 9.17) is 23.2 Å². The molecule has 0 spiro atoms. The van der Waals surface area contributed by atoms with Gasteiger partial charge in [0.2, 0.25) is 5.91 Å². The Morgan fingerprint density at radius 3 is 2.30 bits per heavy atom. The lowest BCUT2D eigenvalue weighted by atomic mass is 9.84. The van der Waals surface area contributed by atoms with E-state index in [-0.39, 0.29) is 23.8 Å². The van der Waals surface area contributed by atoms with Crippen LogP contribution in [-0.2, 0) is 10.4 Å². The summed E-state index contributed by atoms with van der Waals surface area (Å²) in [6.45, 7) is 4.47. The van der Waals surface area contributed by atoms with E-state index >= 15 is 0 Å². The third kappa shape index (κ3) is 4.97. The first-order valence-corrected chi connectivity index (χ1v) is 10.8. The van der Waals surface area contributed by atoms with Gasteiger partial charge in [-0.25, -0.2) is 0 Å². The van der Waals surface area contributed by atoms with Gasteiger partial charge in [-0.05, 0) is 44.0 Å².